The third kappa shape index (κ3) is 2.35. The monoisotopic (exact) mass is 299 g/mol. The quantitative estimate of drug-likeness (QED) is 0.664. The van der Waals surface area contributed by atoms with Crippen molar-refractivity contribution in [2.24, 2.45) is 0 Å². The molecule has 2 aromatic rings. The summed E-state index contributed by atoms with van der Waals surface area (Å²) in [6.45, 7) is 0. The van der Waals surface area contributed by atoms with Gasteiger partial charge < -0.3 is 10.8 Å². The molecule has 0 aliphatic carbocycles. The molecule has 9 heteroatoms. The molecule has 98 valence electrons. The molecule has 0 spiro atoms. The Morgan fingerprint density at radius 3 is 2.74 bits per heavy atom. The van der Waals surface area contributed by atoms with E-state index in [1.54, 1.807) is 0 Å². The Balaban J connectivity index is 2.68. The molecular weight excluding hydrogens is 294 g/mol. The Bertz CT molecular complexity index is 685. The molecule has 0 amide bonds. The first-order chi connectivity index (χ1) is 8.91. The number of hydrogen-bond acceptors (Lipinski definition) is 6. The summed E-state index contributed by atoms with van der Waals surface area (Å²) >= 11 is 6.76. The van der Waals surface area contributed by atoms with Crippen LogP contribution in [0.3, 0.4) is 0 Å². The first kappa shape index (κ1) is 13.2. The summed E-state index contributed by atoms with van der Waals surface area (Å²) in [7, 11) is 0. The number of benzene rings is 1. The van der Waals surface area contributed by atoms with Gasteiger partial charge in [-0.2, -0.15) is 0 Å². The summed E-state index contributed by atoms with van der Waals surface area (Å²) in [6, 6.07) is 4.15. The molecule has 0 unspecified atom stereocenters. The van der Waals surface area contributed by atoms with Crippen LogP contribution in [0, 0.1) is 10.1 Å². The minimum absolute atomic E-state index is 0.0308. The zero-order valence-corrected chi connectivity index (χ0v) is 10.7. The number of nitro benzene ring substituents is 1. The van der Waals surface area contributed by atoms with Crippen molar-refractivity contribution in [2.45, 2.75) is 0 Å². The Labute approximate surface area is 115 Å². The summed E-state index contributed by atoms with van der Waals surface area (Å²) in [5, 5.41) is 20.0. The summed E-state index contributed by atoms with van der Waals surface area (Å²) in [4.78, 5) is 25.0. The van der Waals surface area contributed by atoms with Crippen LogP contribution < -0.4 is 5.73 Å². The van der Waals surface area contributed by atoms with Crippen molar-refractivity contribution in [1.82, 2.24) is 4.98 Å². The number of hydrogen-bond donors (Lipinski definition) is 2. The number of carboxylic acids is 1. The van der Waals surface area contributed by atoms with E-state index in [9.17, 15) is 14.9 Å². The van der Waals surface area contributed by atoms with Gasteiger partial charge in [-0.25, -0.2) is 9.78 Å². The number of rotatable bonds is 3. The smallest absolute Gasteiger partial charge is 0.357 e. The Kier molecular flexibility index (Phi) is 3.36. The molecule has 2 rings (SSSR count). The highest BCUT2D eigenvalue weighted by atomic mass is 35.5. The Morgan fingerprint density at radius 1 is 1.53 bits per heavy atom. The number of aromatic nitrogens is 1. The molecule has 0 aliphatic heterocycles. The second-order valence-electron chi connectivity index (χ2n) is 3.43. The number of carboxylic acid groups (broad SMARTS) is 1. The minimum atomic E-state index is -1.30. The first-order valence-corrected chi connectivity index (χ1v) is 6.04. The average molecular weight is 300 g/mol. The van der Waals surface area contributed by atoms with Crippen LogP contribution in [0.25, 0.3) is 10.6 Å². The van der Waals surface area contributed by atoms with Gasteiger partial charge in [-0.05, 0) is 6.07 Å². The van der Waals surface area contributed by atoms with Crippen LogP contribution in [-0.4, -0.2) is 21.0 Å². The number of nitrogens with zero attached hydrogens (tertiary/aromatic N) is 2. The maximum Gasteiger partial charge on any atom is 0.357 e. The molecule has 0 saturated carbocycles. The van der Waals surface area contributed by atoms with E-state index in [1.165, 1.54) is 18.2 Å². The van der Waals surface area contributed by atoms with E-state index in [0.29, 0.717) is 0 Å². The maximum atomic E-state index is 10.9. The molecule has 0 atom stereocenters. The van der Waals surface area contributed by atoms with Crippen LogP contribution >= 0.6 is 22.9 Å². The minimum Gasteiger partial charge on any atom is -0.476 e. The molecule has 1 aromatic carbocycles. The van der Waals surface area contributed by atoms with E-state index < -0.39 is 10.9 Å². The Hall–Kier alpha value is -2.19. The number of anilines is 1. The molecule has 1 aromatic heterocycles. The fourth-order valence-corrected chi connectivity index (χ4v) is 2.68. The largest absolute Gasteiger partial charge is 0.476 e. The van der Waals surface area contributed by atoms with E-state index in [4.69, 9.17) is 22.4 Å². The molecule has 0 saturated heterocycles. The highest BCUT2D eigenvalue weighted by Crippen LogP contribution is 2.40. The summed E-state index contributed by atoms with van der Waals surface area (Å²) in [5.41, 5.74) is 5.00. The van der Waals surface area contributed by atoms with Crippen molar-refractivity contribution in [3.05, 3.63) is 39.0 Å². The highest BCUT2D eigenvalue weighted by molar-refractivity contribution is 7.19. The fourth-order valence-electron chi connectivity index (χ4n) is 1.47. The van der Waals surface area contributed by atoms with E-state index in [1.807, 2.05) is 0 Å². The van der Waals surface area contributed by atoms with Crippen LogP contribution in [0.5, 0.6) is 0 Å². The van der Waals surface area contributed by atoms with Crippen molar-refractivity contribution >= 4 is 39.6 Å². The van der Waals surface area contributed by atoms with E-state index in [-0.39, 0.29) is 32.0 Å². The lowest BCUT2D eigenvalue weighted by Gasteiger charge is -2.01. The van der Waals surface area contributed by atoms with E-state index >= 15 is 0 Å². The second-order valence-corrected chi connectivity index (χ2v) is 4.87. The van der Waals surface area contributed by atoms with Crippen LogP contribution in [0.4, 0.5) is 10.7 Å². The van der Waals surface area contributed by atoms with E-state index in [2.05, 4.69) is 4.98 Å². The lowest BCUT2D eigenvalue weighted by atomic mass is 10.2. The van der Waals surface area contributed by atoms with Crippen LogP contribution in [0.15, 0.2) is 18.2 Å². The van der Waals surface area contributed by atoms with Gasteiger partial charge in [-0.3, -0.25) is 10.1 Å². The highest BCUT2D eigenvalue weighted by Gasteiger charge is 2.24. The molecule has 7 nitrogen and oxygen atoms in total. The first-order valence-electron chi connectivity index (χ1n) is 4.84. The van der Waals surface area contributed by atoms with Gasteiger partial charge in [-0.15, -0.1) is 0 Å². The lowest BCUT2D eigenvalue weighted by Crippen LogP contribution is -2.00. The van der Waals surface area contributed by atoms with Crippen LogP contribution in [0.2, 0.25) is 5.02 Å². The number of carbonyl (C=O) groups is 1. The van der Waals surface area contributed by atoms with Crippen LogP contribution in [0.1, 0.15) is 10.5 Å². The van der Waals surface area contributed by atoms with Crippen molar-refractivity contribution in [2.75, 3.05) is 5.73 Å². The summed E-state index contributed by atoms with van der Waals surface area (Å²) in [6.07, 6.45) is 0. The molecule has 0 aliphatic rings. The zero-order valence-electron chi connectivity index (χ0n) is 9.16. The van der Waals surface area contributed by atoms with Crippen molar-refractivity contribution in [3.8, 4) is 10.6 Å². The normalized spacial score (nSPS) is 10.4. The molecule has 19 heavy (non-hydrogen) atoms. The average Bonchev–Trinajstić information content (AvgIpc) is 2.70. The van der Waals surface area contributed by atoms with Gasteiger partial charge >= 0.3 is 5.97 Å². The predicted octanol–water partition coefficient (Wildman–Crippen LogP) is 2.65. The number of aromatic carboxylic acids is 1. The van der Waals surface area contributed by atoms with Gasteiger partial charge in [0, 0.05) is 6.07 Å². The van der Waals surface area contributed by atoms with E-state index in [0.717, 1.165) is 11.3 Å². The molecule has 0 fully saturated rings. The number of halogens is 1. The molecule has 3 N–H and O–H groups in total. The number of thiazole rings is 1. The second kappa shape index (κ2) is 4.82. The van der Waals surface area contributed by atoms with Crippen molar-refractivity contribution in [3.63, 3.8) is 0 Å². The number of nitro groups is 1. The summed E-state index contributed by atoms with van der Waals surface area (Å²) < 4.78 is 0. The van der Waals surface area contributed by atoms with Crippen LogP contribution in [-0.2, 0) is 0 Å². The number of nitrogen functional groups attached to an aromatic ring is 1. The predicted molar refractivity (Wildman–Crippen MR) is 70.6 cm³/mol. The van der Waals surface area contributed by atoms with Gasteiger partial charge in [0.05, 0.1) is 9.95 Å². The fraction of sp³-hybridized carbons (Fsp3) is 0. The van der Waals surface area contributed by atoms with Gasteiger partial charge in [0.15, 0.2) is 5.69 Å². The van der Waals surface area contributed by atoms with Gasteiger partial charge in [0.25, 0.3) is 5.69 Å². The molecule has 0 radical (unpaired) electrons. The maximum absolute atomic E-state index is 10.9. The van der Waals surface area contributed by atoms with Crippen molar-refractivity contribution in [1.29, 1.82) is 0 Å². The third-order valence-electron chi connectivity index (χ3n) is 2.26. The third-order valence-corrected chi connectivity index (χ3v) is 3.48. The molecule has 1 heterocycles. The standard InChI is InChI=1S/C10H6ClN3O4S/c11-4-2-1-3-5(14(17)18)6(4)9-13-7(10(15)16)8(12)19-9/h1-3H,12H2,(H,15,16). The van der Waals surface area contributed by atoms with Gasteiger partial charge in [-0.1, -0.05) is 29.0 Å². The molecule has 0 bridgehead atoms. The van der Waals surface area contributed by atoms with Crippen molar-refractivity contribution < 1.29 is 14.8 Å². The number of nitrogens with two attached hydrogens (primary N) is 1. The summed E-state index contributed by atoms with van der Waals surface area (Å²) in [5.74, 6) is -1.30. The Morgan fingerprint density at radius 2 is 2.21 bits per heavy atom. The zero-order chi connectivity index (χ0) is 14.2. The lowest BCUT2D eigenvalue weighted by molar-refractivity contribution is -0.384. The van der Waals surface area contributed by atoms with Gasteiger partial charge in [0.1, 0.15) is 15.6 Å². The van der Waals surface area contributed by atoms with Gasteiger partial charge in [0.2, 0.25) is 0 Å². The topological polar surface area (TPSA) is 119 Å². The SMILES string of the molecule is Nc1sc(-c2c(Cl)cccc2[N+](=O)[O-])nc1C(=O)O. The molecular formula is C10H6ClN3O4S.